The summed E-state index contributed by atoms with van der Waals surface area (Å²) in [6.07, 6.45) is -0.344. The minimum absolute atomic E-state index is 0.0415. The Labute approximate surface area is 225 Å². The van der Waals surface area contributed by atoms with E-state index >= 15 is 0 Å². The molecule has 1 amide bonds. The summed E-state index contributed by atoms with van der Waals surface area (Å²) in [6, 6.07) is 8.91. The van der Waals surface area contributed by atoms with Crippen molar-refractivity contribution in [2.24, 2.45) is 11.8 Å². The molecule has 1 fully saturated rings. The number of amides is 1. The summed E-state index contributed by atoms with van der Waals surface area (Å²) in [5.74, 6) is -1.59. The molecule has 0 radical (unpaired) electrons. The van der Waals surface area contributed by atoms with Crippen molar-refractivity contribution in [3.05, 3.63) is 59.5 Å². The molecule has 3 aromatic rings. The Morgan fingerprint density at radius 1 is 1.13 bits per heavy atom. The number of aldehydes is 1. The van der Waals surface area contributed by atoms with Crippen LogP contribution >= 0.6 is 0 Å². The van der Waals surface area contributed by atoms with E-state index in [9.17, 15) is 31.2 Å². The third-order valence-corrected chi connectivity index (χ3v) is 9.33. The molecule has 2 heterocycles. The fourth-order valence-corrected chi connectivity index (χ4v) is 6.15. The van der Waals surface area contributed by atoms with E-state index in [1.807, 2.05) is 19.1 Å². The van der Waals surface area contributed by atoms with Crippen molar-refractivity contribution >= 4 is 32.9 Å². The molecule has 1 N–H and O–H groups in total. The first kappa shape index (κ1) is 28.8. The summed E-state index contributed by atoms with van der Waals surface area (Å²) in [6.45, 7) is 4.21. The van der Waals surface area contributed by atoms with E-state index in [1.54, 1.807) is 12.1 Å². The summed E-state index contributed by atoms with van der Waals surface area (Å²) in [4.78, 5) is 28.8. The SMILES string of the molecule is CCn1c(C[C@H]2CC[C@@H](C(F)(F)F)CC2)cc2cc(C(=O)N[C@@H](C=O)c3ccc(S(=O)(=O)CC)cn3)ccc21. The largest absolute Gasteiger partial charge is 0.391 e. The lowest BCUT2D eigenvalue weighted by Gasteiger charge is -2.30. The lowest BCUT2D eigenvalue weighted by molar-refractivity contribution is -0.183. The van der Waals surface area contributed by atoms with Gasteiger partial charge in [0.05, 0.1) is 22.3 Å². The maximum Gasteiger partial charge on any atom is 0.391 e. The lowest BCUT2D eigenvalue weighted by Crippen LogP contribution is -2.30. The number of aromatic nitrogens is 2. The number of nitrogens with one attached hydrogen (secondary N) is 1. The summed E-state index contributed by atoms with van der Waals surface area (Å²) in [7, 11) is -3.44. The van der Waals surface area contributed by atoms with Crippen LogP contribution in [0.4, 0.5) is 13.2 Å². The van der Waals surface area contributed by atoms with Crippen LogP contribution in [-0.4, -0.2) is 42.1 Å². The van der Waals surface area contributed by atoms with Gasteiger partial charge in [0.1, 0.15) is 12.3 Å². The Morgan fingerprint density at radius 2 is 1.85 bits per heavy atom. The quantitative estimate of drug-likeness (QED) is 0.350. The van der Waals surface area contributed by atoms with Gasteiger partial charge in [-0.25, -0.2) is 8.42 Å². The molecule has 0 unspecified atom stereocenters. The van der Waals surface area contributed by atoms with Crippen molar-refractivity contribution in [1.82, 2.24) is 14.9 Å². The number of halogens is 3. The second-order valence-electron chi connectivity index (χ2n) is 10.0. The average molecular weight is 564 g/mol. The Kier molecular flexibility index (Phi) is 8.48. The Bertz CT molecular complexity index is 1440. The Morgan fingerprint density at radius 3 is 2.41 bits per heavy atom. The standard InChI is InChI=1S/C28H32F3N3O4S/c1-3-34-22(13-18-5-8-21(9-6-18)28(29,30)31)15-20-14-19(7-12-26(20)34)27(36)33-25(17-35)24-11-10-23(16-32-24)39(37,38)4-2/h7,10-12,14-18,21,25H,3-6,8-9,13H2,1-2H3,(H,33,36)/t18-,21+,25-/m0/s1. The highest BCUT2D eigenvalue weighted by Gasteiger charge is 2.41. The highest BCUT2D eigenvalue weighted by atomic mass is 32.2. The van der Waals surface area contributed by atoms with Crippen molar-refractivity contribution in [3.8, 4) is 0 Å². The zero-order valence-electron chi connectivity index (χ0n) is 21.9. The molecule has 0 aliphatic heterocycles. The number of pyridine rings is 1. The molecular formula is C28H32F3N3O4S. The van der Waals surface area contributed by atoms with Crippen molar-refractivity contribution < 1.29 is 31.2 Å². The fraction of sp³-hybridized carbons (Fsp3) is 0.464. The van der Waals surface area contributed by atoms with Crippen LogP contribution in [0.5, 0.6) is 0 Å². The van der Waals surface area contributed by atoms with E-state index < -0.39 is 33.9 Å². The van der Waals surface area contributed by atoms with Gasteiger partial charge < -0.3 is 14.7 Å². The van der Waals surface area contributed by atoms with Crippen molar-refractivity contribution in [2.45, 2.75) is 69.6 Å². The summed E-state index contributed by atoms with van der Waals surface area (Å²) >= 11 is 0. The predicted molar refractivity (Wildman–Crippen MR) is 141 cm³/mol. The van der Waals surface area contributed by atoms with Crippen LogP contribution in [0.2, 0.25) is 0 Å². The Hall–Kier alpha value is -3.21. The van der Waals surface area contributed by atoms with Gasteiger partial charge in [-0.15, -0.1) is 0 Å². The average Bonchev–Trinajstić information content (AvgIpc) is 3.27. The van der Waals surface area contributed by atoms with E-state index in [4.69, 9.17) is 0 Å². The topological polar surface area (TPSA) is 98.1 Å². The van der Waals surface area contributed by atoms with Crippen LogP contribution < -0.4 is 5.32 Å². The second kappa shape index (κ2) is 11.5. The predicted octanol–water partition coefficient (Wildman–Crippen LogP) is 5.43. The fourth-order valence-electron chi connectivity index (χ4n) is 5.33. The minimum Gasteiger partial charge on any atom is -0.345 e. The number of carbonyl (C=O) groups is 2. The zero-order valence-corrected chi connectivity index (χ0v) is 22.7. The lowest BCUT2D eigenvalue weighted by atomic mass is 9.79. The number of benzene rings is 1. The first-order valence-corrected chi connectivity index (χ1v) is 14.8. The summed E-state index contributed by atoms with van der Waals surface area (Å²) in [5, 5.41) is 3.47. The number of carbonyl (C=O) groups excluding carboxylic acids is 2. The van der Waals surface area contributed by atoms with Gasteiger partial charge in [0.25, 0.3) is 5.91 Å². The van der Waals surface area contributed by atoms with Crippen molar-refractivity contribution in [2.75, 3.05) is 5.75 Å². The first-order valence-electron chi connectivity index (χ1n) is 13.1. The number of aryl methyl sites for hydroxylation is 1. The molecule has 2 aromatic heterocycles. The summed E-state index contributed by atoms with van der Waals surface area (Å²) < 4.78 is 65.3. The number of rotatable bonds is 9. The van der Waals surface area contributed by atoms with E-state index in [2.05, 4.69) is 14.9 Å². The number of nitrogens with zero attached hydrogens (tertiary/aromatic N) is 2. The van der Waals surface area contributed by atoms with Crippen LogP contribution in [0.3, 0.4) is 0 Å². The normalized spacial score (nSPS) is 19.1. The maximum absolute atomic E-state index is 13.0. The van der Waals surface area contributed by atoms with Crippen molar-refractivity contribution in [3.63, 3.8) is 0 Å². The van der Waals surface area contributed by atoms with Gasteiger partial charge in [0, 0.05) is 34.9 Å². The molecule has 0 spiro atoms. The molecule has 210 valence electrons. The van der Waals surface area contributed by atoms with Gasteiger partial charge in [0.2, 0.25) is 0 Å². The molecule has 0 bridgehead atoms. The van der Waals surface area contributed by atoms with E-state index in [-0.39, 0.29) is 35.1 Å². The molecule has 1 aliphatic rings. The van der Waals surface area contributed by atoms with Crippen LogP contribution in [0, 0.1) is 11.8 Å². The number of alkyl halides is 3. The number of hydrogen-bond donors (Lipinski definition) is 1. The third-order valence-electron chi connectivity index (χ3n) is 7.61. The highest BCUT2D eigenvalue weighted by molar-refractivity contribution is 7.91. The van der Waals surface area contributed by atoms with E-state index in [0.717, 1.165) is 16.6 Å². The van der Waals surface area contributed by atoms with Crippen LogP contribution in [0.1, 0.15) is 67.3 Å². The van der Waals surface area contributed by atoms with Crippen LogP contribution in [0.15, 0.2) is 47.5 Å². The van der Waals surface area contributed by atoms with Crippen LogP contribution in [0.25, 0.3) is 10.9 Å². The smallest absolute Gasteiger partial charge is 0.345 e. The van der Waals surface area contributed by atoms with E-state index in [0.29, 0.717) is 37.7 Å². The molecule has 0 saturated heterocycles. The van der Waals surface area contributed by atoms with Gasteiger partial charge in [-0.05, 0) is 81.3 Å². The minimum atomic E-state index is -4.13. The van der Waals surface area contributed by atoms with E-state index in [1.165, 1.54) is 25.3 Å². The third kappa shape index (κ3) is 6.34. The van der Waals surface area contributed by atoms with Gasteiger partial charge in [-0.2, -0.15) is 13.2 Å². The molecule has 11 heteroatoms. The second-order valence-corrected chi connectivity index (χ2v) is 12.3. The Balaban J connectivity index is 1.49. The molecule has 7 nitrogen and oxygen atoms in total. The highest BCUT2D eigenvalue weighted by Crippen LogP contribution is 2.40. The first-order chi connectivity index (χ1) is 18.5. The molecule has 1 saturated carbocycles. The van der Waals surface area contributed by atoms with Crippen molar-refractivity contribution in [1.29, 1.82) is 0 Å². The van der Waals surface area contributed by atoms with Gasteiger partial charge in [0.15, 0.2) is 9.84 Å². The number of sulfone groups is 1. The molecule has 4 rings (SSSR count). The molecule has 39 heavy (non-hydrogen) atoms. The van der Waals surface area contributed by atoms with Gasteiger partial charge in [-0.3, -0.25) is 9.78 Å². The van der Waals surface area contributed by atoms with Gasteiger partial charge >= 0.3 is 6.18 Å². The monoisotopic (exact) mass is 563 g/mol. The molecule has 1 aromatic carbocycles. The summed E-state index contributed by atoms with van der Waals surface area (Å²) in [5.41, 5.74) is 2.51. The van der Waals surface area contributed by atoms with Crippen LogP contribution in [-0.2, 0) is 27.6 Å². The molecular weight excluding hydrogens is 531 g/mol. The van der Waals surface area contributed by atoms with Gasteiger partial charge in [-0.1, -0.05) is 6.92 Å². The number of hydrogen-bond acceptors (Lipinski definition) is 5. The maximum atomic E-state index is 13.0. The molecule has 1 aliphatic carbocycles. The zero-order chi connectivity index (χ0) is 28.4. The number of fused-ring (bicyclic) bond motifs is 1. The molecule has 1 atom stereocenters.